The maximum atomic E-state index is 13.2. The molecule has 8 rings (SSSR count). The van der Waals surface area contributed by atoms with Crippen molar-refractivity contribution in [2.75, 3.05) is 34.8 Å². The molecule has 5 aromatic rings. The van der Waals surface area contributed by atoms with Crippen molar-refractivity contribution in [3.63, 3.8) is 0 Å². The summed E-state index contributed by atoms with van der Waals surface area (Å²) in [6.45, 7) is 6.69. The van der Waals surface area contributed by atoms with E-state index in [1.165, 1.54) is 4.57 Å². The average Bonchev–Trinajstić information content (AvgIpc) is 3.96. The van der Waals surface area contributed by atoms with Gasteiger partial charge < -0.3 is 40.5 Å². The molecule has 1 fully saturated rings. The first-order valence-corrected chi connectivity index (χ1v) is 18.9. The molecule has 0 spiro atoms. The number of carbonyl (C=O) groups is 4. The number of anilines is 4. The highest BCUT2D eigenvalue weighted by molar-refractivity contribution is 6.09. The lowest BCUT2D eigenvalue weighted by atomic mass is 10.0. The zero-order chi connectivity index (χ0) is 40.7. The van der Waals surface area contributed by atoms with Gasteiger partial charge >= 0.3 is 0 Å². The second kappa shape index (κ2) is 15.3. The zero-order valence-electron chi connectivity index (χ0n) is 32.3. The predicted molar refractivity (Wildman–Crippen MR) is 223 cm³/mol. The van der Waals surface area contributed by atoms with E-state index in [9.17, 15) is 19.2 Å². The van der Waals surface area contributed by atoms with Crippen LogP contribution in [0.2, 0.25) is 0 Å². The van der Waals surface area contributed by atoms with E-state index in [-0.39, 0.29) is 48.4 Å². The third-order valence-electron chi connectivity index (χ3n) is 10.3. The molecule has 15 nitrogen and oxygen atoms in total. The van der Waals surface area contributed by atoms with Crippen molar-refractivity contribution >= 4 is 69.8 Å². The molecule has 0 aliphatic carbocycles. The number of carbonyl (C=O) groups excluding carboxylic acids is 4. The van der Waals surface area contributed by atoms with E-state index in [1.54, 1.807) is 60.4 Å². The Balaban J connectivity index is 0.812. The van der Waals surface area contributed by atoms with Gasteiger partial charge in [0, 0.05) is 69.5 Å². The zero-order valence-corrected chi connectivity index (χ0v) is 32.3. The quantitative estimate of drug-likeness (QED) is 0.0706. The second-order valence-corrected chi connectivity index (χ2v) is 14.8. The van der Waals surface area contributed by atoms with E-state index in [1.807, 2.05) is 49.4 Å². The summed E-state index contributed by atoms with van der Waals surface area (Å²) in [5.74, 6) is -0.339. The number of imidazole rings is 1. The van der Waals surface area contributed by atoms with E-state index in [0.717, 1.165) is 33.7 Å². The number of benzene rings is 3. The number of amides is 4. The van der Waals surface area contributed by atoms with Gasteiger partial charge in [-0.15, -0.1) is 0 Å². The van der Waals surface area contributed by atoms with Crippen molar-refractivity contribution in [2.45, 2.75) is 38.6 Å². The van der Waals surface area contributed by atoms with E-state index in [2.05, 4.69) is 32.5 Å². The van der Waals surface area contributed by atoms with Crippen molar-refractivity contribution in [2.24, 2.45) is 24.1 Å². The van der Waals surface area contributed by atoms with Gasteiger partial charge in [0.25, 0.3) is 17.7 Å². The van der Waals surface area contributed by atoms with Crippen LogP contribution in [-0.4, -0.2) is 73.8 Å². The summed E-state index contributed by atoms with van der Waals surface area (Å²) in [6, 6.07) is 18.3. The topological polar surface area (TPSA) is 190 Å². The third kappa shape index (κ3) is 7.74. The number of ether oxygens (including phenoxy) is 1. The van der Waals surface area contributed by atoms with Crippen LogP contribution in [0.25, 0.3) is 0 Å². The summed E-state index contributed by atoms with van der Waals surface area (Å²) in [7, 11) is 3.36. The molecule has 5 N–H and O–H groups in total. The van der Waals surface area contributed by atoms with Crippen LogP contribution in [0.4, 0.5) is 34.3 Å². The average molecular weight is 779 g/mol. The first-order valence-electron chi connectivity index (χ1n) is 18.9. The minimum Gasteiger partial charge on any atom is -0.493 e. The van der Waals surface area contributed by atoms with Crippen LogP contribution in [0, 0.1) is 6.92 Å². The smallest absolute Gasteiger partial charge is 0.291 e. The van der Waals surface area contributed by atoms with E-state index in [4.69, 9.17) is 15.5 Å². The number of aliphatic imine (C=N–C) groups is 2. The normalized spacial score (nSPS) is 15.3. The SMILES string of the molecule is C=C1C[C@H]2C=Nc3cc(OCCCC(=O)Nc4cn(C)c(C(=O)Nc5cc(C(=O)Nc6ccc(C7=Nc8cc(N)ccc8C7)cc6)n(C)c5)n4)c(C)cc3C(=O)N2C1. The number of fused-ring (bicyclic) bond motifs is 3. The van der Waals surface area contributed by atoms with E-state index >= 15 is 0 Å². The largest absolute Gasteiger partial charge is 0.493 e. The highest BCUT2D eigenvalue weighted by Gasteiger charge is 2.34. The molecule has 3 aliphatic heterocycles. The molecule has 4 amide bonds. The number of nitrogen functional groups attached to an aromatic ring is 1. The lowest BCUT2D eigenvalue weighted by Crippen LogP contribution is -2.35. The molecule has 3 aliphatic rings. The van der Waals surface area contributed by atoms with E-state index in [0.29, 0.717) is 65.6 Å². The summed E-state index contributed by atoms with van der Waals surface area (Å²) in [5, 5.41) is 8.44. The number of aromatic nitrogens is 3. The molecule has 2 aromatic heterocycles. The highest BCUT2D eigenvalue weighted by Crippen LogP contribution is 2.35. The number of hydrogen-bond acceptors (Lipinski definition) is 9. The minimum atomic E-state index is -0.516. The molecule has 0 bridgehead atoms. The minimum absolute atomic E-state index is 0.0668. The second-order valence-electron chi connectivity index (χ2n) is 14.8. The molecule has 1 saturated heterocycles. The maximum Gasteiger partial charge on any atom is 0.291 e. The van der Waals surface area contributed by atoms with Crippen LogP contribution in [0.3, 0.4) is 0 Å². The standard InChI is InChI=1S/C43H42N10O5/c1-24-14-31-20-45-35-19-37(25(2)15-32(35)43(57)53(31)21-24)58-13-5-6-39(54)49-38-23-52(4)40(50-38)42(56)47-30-18-36(51(3)22-30)41(55)46-29-11-8-26(9-12-29)33-16-27-7-10-28(44)17-34(27)48-33/h7-12,15,17-20,22-23,31H,1,5-6,13-14,16,21,44H2,2-4H3,(H,46,55)(H,47,56)(H,49,54)/t31-/m0/s1. The Labute approximate surface area is 334 Å². The molecule has 1 atom stereocenters. The van der Waals surface area contributed by atoms with Gasteiger partial charge in [0.2, 0.25) is 11.7 Å². The highest BCUT2D eigenvalue weighted by atomic mass is 16.5. The summed E-state index contributed by atoms with van der Waals surface area (Å²) in [4.78, 5) is 67.8. The Bertz CT molecular complexity index is 2580. The number of rotatable bonds is 11. The first-order chi connectivity index (χ1) is 27.9. The van der Waals surface area contributed by atoms with Gasteiger partial charge in [0.15, 0.2) is 5.82 Å². The number of hydrogen-bond donors (Lipinski definition) is 4. The molecule has 58 heavy (non-hydrogen) atoms. The van der Waals surface area contributed by atoms with Gasteiger partial charge in [-0.25, -0.2) is 4.98 Å². The van der Waals surface area contributed by atoms with Gasteiger partial charge in [-0.1, -0.05) is 30.4 Å². The van der Waals surface area contributed by atoms with Crippen molar-refractivity contribution in [3.8, 4) is 5.75 Å². The Kier molecular flexibility index (Phi) is 9.95. The summed E-state index contributed by atoms with van der Waals surface area (Å²) in [5.41, 5.74) is 14.7. The Morgan fingerprint density at radius 3 is 2.53 bits per heavy atom. The summed E-state index contributed by atoms with van der Waals surface area (Å²) < 4.78 is 9.12. The lowest BCUT2D eigenvalue weighted by molar-refractivity contribution is -0.116. The maximum absolute atomic E-state index is 13.2. The monoisotopic (exact) mass is 778 g/mol. The number of aryl methyl sites for hydroxylation is 3. The predicted octanol–water partition coefficient (Wildman–Crippen LogP) is 6.12. The van der Waals surface area contributed by atoms with Gasteiger partial charge in [0.05, 0.1) is 41.0 Å². The molecule has 294 valence electrons. The molecule has 5 heterocycles. The third-order valence-corrected chi connectivity index (χ3v) is 10.3. The lowest BCUT2D eigenvalue weighted by Gasteiger charge is -2.20. The fraction of sp³-hybridized carbons (Fsp3) is 0.233. The molecule has 0 radical (unpaired) electrons. The molecule has 0 unspecified atom stereocenters. The van der Waals surface area contributed by atoms with Crippen molar-refractivity contribution in [1.29, 1.82) is 0 Å². The number of nitrogens with two attached hydrogens (primary N) is 1. The first kappa shape index (κ1) is 37.6. The van der Waals surface area contributed by atoms with Crippen LogP contribution in [0.15, 0.2) is 95.2 Å². The summed E-state index contributed by atoms with van der Waals surface area (Å²) in [6.07, 6.45) is 6.96. The van der Waals surface area contributed by atoms with Gasteiger partial charge in [-0.2, -0.15) is 0 Å². The van der Waals surface area contributed by atoms with Crippen molar-refractivity contribution < 1.29 is 23.9 Å². The van der Waals surface area contributed by atoms with Crippen LogP contribution in [0.5, 0.6) is 5.75 Å². The van der Waals surface area contributed by atoms with Crippen LogP contribution < -0.4 is 26.4 Å². The summed E-state index contributed by atoms with van der Waals surface area (Å²) >= 11 is 0. The van der Waals surface area contributed by atoms with Crippen LogP contribution >= 0.6 is 0 Å². The fourth-order valence-corrected chi connectivity index (χ4v) is 7.33. The van der Waals surface area contributed by atoms with Crippen molar-refractivity contribution in [3.05, 3.63) is 119 Å². The van der Waals surface area contributed by atoms with Crippen LogP contribution in [-0.2, 0) is 25.3 Å². The van der Waals surface area contributed by atoms with Crippen LogP contribution in [0.1, 0.15) is 67.4 Å². The van der Waals surface area contributed by atoms with Gasteiger partial charge in [-0.3, -0.25) is 29.2 Å². The van der Waals surface area contributed by atoms with Gasteiger partial charge in [-0.05, 0) is 72.9 Å². The molecular formula is C43H42N10O5. The number of nitrogens with zero attached hydrogens (tertiary/aromatic N) is 6. The molecular weight excluding hydrogens is 737 g/mol. The molecule has 0 saturated carbocycles. The molecule has 15 heteroatoms. The Hall–Kier alpha value is -7.29. The van der Waals surface area contributed by atoms with Crippen molar-refractivity contribution in [1.82, 2.24) is 19.0 Å². The fourth-order valence-electron chi connectivity index (χ4n) is 7.33. The molecule has 3 aromatic carbocycles. The Morgan fingerprint density at radius 2 is 1.72 bits per heavy atom. The van der Waals surface area contributed by atoms with E-state index < -0.39 is 5.91 Å². The number of nitrogens with one attached hydrogen (secondary N) is 3. The van der Waals surface area contributed by atoms with Gasteiger partial charge in [0.1, 0.15) is 11.4 Å². The Morgan fingerprint density at radius 1 is 0.931 bits per heavy atom.